The number of aromatic nitrogens is 5. The van der Waals surface area contributed by atoms with Crippen molar-refractivity contribution < 1.29 is 0 Å². The van der Waals surface area contributed by atoms with Crippen molar-refractivity contribution in [3.8, 4) is 0 Å². The van der Waals surface area contributed by atoms with Crippen LogP contribution in [0.4, 0.5) is 0 Å². The molecule has 1 saturated carbocycles. The van der Waals surface area contributed by atoms with E-state index in [9.17, 15) is 4.79 Å². The Balaban J connectivity index is 1.62. The summed E-state index contributed by atoms with van der Waals surface area (Å²) in [5.74, 6) is 0. The van der Waals surface area contributed by atoms with Crippen LogP contribution in [0.15, 0.2) is 41.5 Å². The summed E-state index contributed by atoms with van der Waals surface area (Å²) in [5.41, 5.74) is 1.42. The first-order valence-corrected chi connectivity index (χ1v) is 7.39. The molecule has 0 atom stereocenters. The van der Waals surface area contributed by atoms with E-state index in [1.165, 1.54) is 30.4 Å². The molecule has 1 aliphatic rings. The molecule has 0 spiro atoms. The van der Waals surface area contributed by atoms with Gasteiger partial charge in [0.2, 0.25) is 0 Å². The Kier molecular flexibility index (Phi) is 2.87. The average molecular weight is 283 g/mol. The second-order valence-electron chi connectivity index (χ2n) is 5.59. The van der Waals surface area contributed by atoms with Crippen LogP contribution >= 0.6 is 0 Å². The first-order chi connectivity index (χ1) is 10.3. The quantitative estimate of drug-likeness (QED) is 0.737. The molecule has 0 N–H and O–H groups in total. The van der Waals surface area contributed by atoms with E-state index in [0.29, 0.717) is 18.2 Å². The molecule has 1 aliphatic carbocycles. The van der Waals surface area contributed by atoms with Crippen LogP contribution in [0.1, 0.15) is 37.4 Å². The molecule has 1 fully saturated rings. The molecule has 0 radical (unpaired) electrons. The maximum absolute atomic E-state index is 12.2. The first kappa shape index (κ1) is 12.4. The molecular weight excluding hydrogens is 266 g/mol. The summed E-state index contributed by atoms with van der Waals surface area (Å²) in [5, 5.41) is 8.94. The van der Waals surface area contributed by atoms with Crippen LogP contribution in [0.2, 0.25) is 0 Å². The zero-order chi connectivity index (χ0) is 14.2. The van der Waals surface area contributed by atoms with Gasteiger partial charge in [0.15, 0.2) is 5.65 Å². The van der Waals surface area contributed by atoms with Crippen molar-refractivity contribution in [2.75, 3.05) is 0 Å². The minimum atomic E-state index is -0.124. The van der Waals surface area contributed by atoms with Gasteiger partial charge in [-0.05, 0) is 31.0 Å². The molecule has 0 amide bonds. The molecule has 3 heterocycles. The molecule has 108 valence electrons. The molecule has 6 nitrogen and oxygen atoms in total. The van der Waals surface area contributed by atoms with Crippen molar-refractivity contribution in [1.82, 2.24) is 24.0 Å². The van der Waals surface area contributed by atoms with Crippen molar-refractivity contribution in [3.05, 3.63) is 52.8 Å². The van der Waals surface area contributed by atoms with E-state index in [0.717, 1.165) is 5.69 Å². The molecule has 0 saturated heterocycles. The predicted molar refractivity (Wildman–Crippen MR) is 78.3 cm³/mol. The molecule has 0 aliphatic heterocycles. The van der Waals surface area contributed by atoms with Crippen LogP contribution in [-0.4, -0.2) is 24.0 Å². The van der Waals surface area contributed by atoms with Gasteiger partial charge in [-0.15, -0.1) is 5.10 Å². The van der Waals surface area contributed by atoms with Gasteiger partial charge >= 0.3 is 5.69 Å². The van der Waals surface area contributed by atoms with Gasteiger partial charge in [0.05, 0.1) is 18.3 Å². The van der Waals surface area contributed by atoms with E-state index in [1.807, 2.05) is 35.1 Å². The van der Waals surface area contributed by atoms with Crippen LogP contribution in [0.5, 0.6) is 0 Å². The van der Waals surface area contributed by atoms with E-state index >= 15 is 0 Å². The Morgan fingerprint density at radius 3 is 2.76 bits per heavy atom. The SMILES string of the molecule is O=c1n(Cc2ccn(C3CCCC3)n2)nc2ccccn12. The fraction of sp³-hybridized carbons (Fsp3) is 0.400. The number of fused-ring (bicyclic) bond motifs is 1. The highest BCUT2D eigenvalue weighted by Crippen LogP contribution is 2.28. The average Bonchev–Trinajstić information content (AvgIpc) is 3.21. The number of pyridine rings is 1. The topological polar surface area (TPSA) is 57.1 Å². The lowest BCUT2D eigenvalue weighted by Gasteiger charge is -2.08. The van der Waals surface area contributed by atoms with Crippen molar-refractivity contribution in [2.45, 2.75) is 38.3 Å². The third-order valence-corrected chi connectivity index (χ3v) is 4.16. The largest absolute Gasteiger partial charge is 0.350 e. The number of nitrogens with zero attached hydrogens (tertiary/aromatic N) is 5. The standard InChI is InChI=1S/C15H17N5O/c21-15-18-9-4-3-7-14(18)17-20(15)11-12-8-10-19(16-12)13-5-1-2-6-13/h3-4,7-10,13H,1-2,5-6,11H2. The summed E-state index contributed by atoms with van der Waals surface area (Å²) in [6.45, 7) is 0.417. The fourth-order valence-electron chi connectivity index (χ4n) is 3.06. The molecule has 3 aromatic rings. The first-order valence-electron chi connectivity index (χ1n) is 7.39. The van der Waals surface area contributed by atoms with Gasteiger partial charge in [-0.1, -0.05) is 18.9 Å². The third kappa shape index (κ3) is 2.16. The fourth-order valence-corrected chi connectivity index (χ4v) is 3.06. The van der Waals surface area contributed by atoms with Crippen LogP contribution in [0.25, 0.3) is 5.65 Å². The molecule has 0 bridgehead atoms. The predicted octanol–water partition coefficient (Wildman–Crippen LogP) is 1.86. The van der Waals surface area contributed by atoms with E-state index in [4.69, 9.17) is 0 Å². The summed E-state index contributed by atoms with van der Waals surface area (Å²) < 4.78 is 5.06. The number of hydrogen-bond donors (Lipinski definition) is 0. The Hall–Kier alpha value is -2.37. The zero-order valence-corrected chi connectivity index (χ0v) is 11.7. The van der Waals surface area contributed by atoms with Crippen LogP contribution in [-0.2, 0) is 6.54 Å². The van der Waals surface area contributed by atoms with Crippen LogP contribution < -0.4 is 5.69 Å². The van der Waals surface area contributed by atoms with Gasteiger partial charge in [-0.25, -0.2) is 9.48 Å². The number of hydrogen-bond acceptors (Lipinski definition) is 3. The summed E-state index contributed by atoms with van der Waals surface area (Å²) in [4.78, 5) is 12.2. The van der Waals surface area contributed by atoms with E-state index in [-0.39, 0.29) is 5.69 Å². The molecule has 21 heavy (non-hydrogen) atoms. The van der Waals surface area contributed by atoms with Crippen LogP contribution in [0, 0.1) is 0 Å². The smallest absolute Gasteiger partial charge is 0.269 e. The minimum absolute atomic E-state index is 0.124. The van der Waals surface area contributed by atoms with Crippen LogP contribution in [0.3, 0.4) is 0 Å². The number of rotatable bonds is 3. The van der Waals surface area contributed by atoms with E-state index < -0.39 is 0 Å². The van der Waals surface area contributed by atoms with E-state index in [2.05, 4.69) is 10.2 Å². The Morgan fingerprint density at radius 2 is 1.95 bits per heavy atom. The molecule has 0 unspecified atom stereocenters. The zero-order valence-electron chi connectivity index (χ0n) is 11.7. The van der Waals surface area contributed by atoms with E-state index in [1.54, 1.807) is 10.6 Å². The molecular formula is C15H17N5O. The maximum Gasteiger partial charge on any atom is 0.350 e. The third-order valence-electron chi connectivity index (χ3n) is 4.16. The second-order valence-corrected chi connectivity index (χ2v) is 5.59. The van der Waals surface area contributed by atoms with Gasteiger partial charge in [0.1, 0.15) is 0 Å². The summed E-state index contributed by atoms with van der Waals surface area (Å²) in [7, 11) is 0. The van der Waals surface area contributed by atoms with Crippen molar-refractivity contribution in [1.29, 1.82) is 0 Å². The second kappa shape index (κ2) is 4.87. The summed E-state index contributed by atoms with van der Waals surface area (Å²) in [6.07, 6.45) is 8.73. The lowest BCUT2D eigenvalue weighted by molar-refractivity contribution is 0.460. The Labute approximate surface area is 121 Å². The minimum Gasteiger partial charge on any atom is -0.269 e. The van der Waals surface area contributed by atoms with Crippen molar-refractivity contribution in [3.63, 3.8) is 0 Å². The van der Waals surface area contributed by atoms with Gasteiger partial charge < -0.3 is 0 Å². The van der Waals surface area contributed by atoms with Gasteiger partial charge in [-0.3, -0.25) is 9.08 Å². The Bertz CT molecular complexity index is 822. The highest BCUT2D eigenvalue weighted by atomic mass is 16.2. The summed E-state index contributed by atoms with van der Waals surface area (Å²) >= 11 is 0. The van der Waals surface area contributed by atoms with Gasteiger partial charge in [-0.2, -0.15) is 5.10 Å². The highest BCUT2D eigenvalue weighted by molar-refractivity contribution is 5.35. The van der Waals surface area contributed by atoms with Gasteiger partial charge in [0.25, 0.3) is 0 Å². The normalized spacial score (nSPS) is 16.0. The molecule has 3 aromatic heterocycles. The molecule has 0 aromatic carbocycles. The van der Waals surface area contributed by atoms with Gasteiger partial charge in [0, 0.05) is 12.4 Å². The Morgan fingerprint density at radius 1 is 1.10 bits per heavy atom. The van der Waals surface area contributed by atoms with Crippen molar-refractivity contribution in [2.24, 2.45) is 0 Å². The maximum atomic E-state index is 12.2. The lowest BCUT2D eigenvalue weighted by atomic mass is 10.3. The highest BCUT2D eigenvalue weighted by Gasteiger charge is 2.18. The lowest BCUT2D eigenvalue weighted by Crippen LogP contribution is -2.22. The summed E-state index contributed by atoms with van der Waals surface area (Å²) in [6, 6.07) is 8.04. The van der Waals surface area contributed by atoms with Crippen molar-refractivity contribution >= 4 is 5.65 Å². The molecule has 4 rings (SSSR count). The monoisotopic (exact) mass is 283 g/mol. The molecule has 6 heteroatoms.